The number of thiazole rings is 1. The van der Waals surface area contributed by atoms with Gasteiger partial charge in [-0.25, -0.2) is 9.37 Å². The van der Waals surface area contributed by atoms with Crippen LogP contribution in [0.3, 0.4) is 0 Å². The van der Waals surface area contributed by atoms with Crippen LogP contribution >= 0.6 is 22.9 Å². The zero-order valence-corrected chi connectivity index (χ0v) is 10.1. The third-order valence-electron chi connectivity index (χ3n) is 2.24. The van der Waals surface area contributed by atoms with E-state index in [0.717, 1.165) is 9.88 Å². The largest absolute Gasteiger partial charge is 0.319 e. The van der Waals surface area contributed by atoms with E-state index in [2.05, 4.69) is 4.98 Å². The van der Waals surface area contributed by atoms with Crippen LogP contribution < -0.4 is 5.73 Å². The van der Waals surface area contributed by atoms with Gasteiger partial charge in [-0.3, -0.25) is 0 Å². The van der Waals surface area contributed by atoms with Crippen LogP contribution in [0.25, 0.3) is 0 Å². The van der Waals surface area contributed by atoms with Gasteiger partial charge in [0.15, 0.2) is 0 Å². The highest BCUT2D eigenvalue weighted by molar-refractivity contribution is 7.11. The van der Waals surface area contributed by atoms with Gasteiger partial charge in [-0.1, -0.05) is 17.7 Å². The average molecular weight is 257 g/mol. The molecule has 0 aliphatic heterocycles. The third-order valence-corrected chi connectivity index (χ3v) is 3.47. The summed E-state index contributed by atoms with van der Waals surface area (Å²) in [5.41, 5.74) is 6.41. The van der Waals surface area contributed by atoms with Crippen LogP contribution in [0.5, 0.6) is 0 Å². The standard InChI is InChI=1S/C11H10ClFN2S/c1-6-15-5-10(16-6)11(14)8-3-2-7(12)4-9(8)13/h2-5,11H,14H2,1H3. The Morgan fingerprint density at radius 2 is 2.25 bits per heavy atom. The van der Waals surface area contributed by atoms with Crippen molar-refractivity contribution in [1.82, 2.24) is 4.98 Å². The summed E-state index contributed by atoms with van der Waals surface area (Å²) < 4.78 is 13.6. The van der Waals surface area contributed by atoms with Gasteiger partial charge in [0, 0.05) is 21.7 Å². The first-order chi connectivity index (χ1) is 7.58. The molecule has 2 aromatic rings. The van der Waals surface area contributed by atoms with Crippen molar-refractivity contribution in [2.24, 2.45) is 5.73 Å². The Morgan fingerprint density at radius 1 is 1.50 bits per heavy atom. The van der Waals surface area contributed by atoms with E-state index in [-0.39, 0.29) is 5.82 Å². The van der Waals surface area contributed by atoms with Crippen LogP contribution in [0.1, 0.15) is 21.5 Å². The number of aryl methyl sites for hydroxylation is 1. The van der Waals surface area contributed by atoms with Gasteiger partial charge in [0.05, 0.1) is 11.0 Å². The van der Waals surface area contributed by atoms with Crippen LogP contribution in [0.2, 0.25) is 5.02 Å². The Bertz CT molecular complexity index is 512. The number of hydrogen-bond acceptors (Lipinski definition) is 3. The van der Waals surface area contributed by atoms with Gasteiger partial charge in [0.2, 0.25) is 0 Å². The normalized spacial score (nSPS) is 12.8. The predicted octanol–water partition coefficient (Wildman–Crippen LogP) is 3.29. The van der Waals surface area contributed by atoms with Crippen molar-refractivity contribution in [3.8, 4) is 0 Å². The summed E-state index contributed by atoms with van der Waals surface area (Å²) in [5.74, 6) is -0.383. The van der Waals surface area contributed by atoms with Gasteiger partial charge in [0.1, 0.15) is 5.82 Å². The molecule has 0 amide bonds. The number of benzene rings is 1. The van der Waals surface area contributed by atoms with Crippen molar-refractivity contribution in [2.75, 3.05) is 0 Å². The molecule has 1 unspecified atom stereocenters. The molecule has 0 spiro atoms. The van der Waals surface area contributed by atoms with Crippen molar-refractivity contribution >= 4 is 22.9 Å². The maximum atomic E-state index is 13.6. The number of nitrogens with two attached hydrogens (primary N) is 1. The van der Waals surface area contributed by atoms with Crippen molar-refractivity contribution in [2.45, 2.75) is 13.0 Å². The van der Waals surface area contributed by atoms with E-state index in [9.17, 15) is 4.39 Å². The van der Waals surface area contributed by atoms with E-state index >= 15 is 0 Å². The Labute approximate surface area is 102 Å². The minimum Gasteiger partial charge on any atom is -0.319 e. The van der Waals surface area contributed by atoms with Crippen LogP contribution in [-0.2, 0) is 0 Å². The second-order valence-electron chi connectivity index (χ2n) is 3.43. The fourth-order valence-electron chi connectivity index (χ4n) is 1.43. The highest BCUT2D eigenvalue weighted by Crippen LogP contribution is 2.27. The van der Waals surface area contributed by atoms with Crippen molar-refractivity contribution in [1.29, 1.82) is 0 Å². The number of halogens is 2. The van der Waals surface area contributed by atoms with Crippen LogP contribution in [-0.4, -0.2) is 4.98 Å². The van der Waals surface area contributed by atoms with E-state index in [0.29, 0.717) is 10.6 Å². The molecular formula is C11H10ClFN2S. The summed E-state index contributed by atoms with van der Waals surface area (Å²) in [7, 11) is 0. The summed E-state index contributed by atoms with van der Waals surface area (Å²) >= 11 is 7.15. The quantitative estimate of drug-likeness (QED) is 0.896. The molecule has 2 rings (SSSR count). The van der Waals surface area contributed by atoms with Crippen LogP contribution in [0.15, 0.2) is 24.4 Å². The third kappa shape index (κ3) is 2.24. The lowest BCUT2D eigenvalue weighted by Gasteiger charge is -2.10. The monoisotopic (exact) mass is 256 g/mol. The van der Waals surface area contributed by atoms with Gasteiger partial charge >= 0.3 is 0 Å². The van der Waals surface area contributed by atoms with E-state index in [4.69, 9.17) is 17.3 Å². The Balaban J connectivity index is 2.37. The highest BCUT2D eigenvalue weighted by Gasteiger charge is 2.15. The fraction of sp³-hybridized carbons (Fsp3) is 0.182. The molecule has 1 aromatic carbocycles. The predicted molar refractivity (Wildman–Crippen MR) is 64.3 cm³/mol. The average Bonchev–Trinajstić information content (AvgIpc) is 2.64. The van der Waals surface area contributed by atoms with Crippen molar-refractivity contribution in [3.63, 3.8) is 0 Å². The maximum absolute atomic E-state index is 13.6. The lowest BCUT2D eigenvalue weighted by molar-refractivity contribution is 0.601. The summed E-state index contributed by atoms with van der Waals surface area (Å²) in [6, 6.07) is 4.03. The first-order valence-electron chi connectivity index (χ1n) is 4.71. The summed E-state index contributed by atoms with van der Waals surface area (Å²) in [6.45, 7) is 1.89. The van der Waals surface area contributed by atoms with E-state index in [1.807, 2.05) is 6.92 Å². The number of aromatic nitrogens is 1. The summed E-state index contributed by atoms with van der Waals surface area (Å²) in [5, 5.41) is 1.29. The Kier molecular flexibility index (Phi) is 3.23. The SMILES string of the molecule is Cc1ncc(C(N)c2ccc(Cl)cc2F)s1. The molecule has 84 valence electrons. The lowest BCUT2D eigenvalue weighted by atomic mass is 10.1. The van der Waals surface area contributed by atoms with Gasteiger partial charge in [0.25, 0.3) is 0 Å². The molecule has 5 heteroatoms. The molecule has 0 bridgehead atoms. The molecule has 2 N–H and O–H groups in total. The molecule has 0 aliphatic carbocycles. The highest BCUT2D eigenvalue weighted by atomic mass is 35.5. The smallest absolute Gasteiger partial charge is 0.129 e. The molecule has 0 fully saturated rings. The maximum Gasteiger partial charge on any atom is 0.129 e. The molecule has 16 heavy (non-hydrogen) atoms. The molecule has 0 aliphatic rings. The lowest BCUT2D eigenvalue weighted by Crippen LogP contribution is -2.12. The molecular weight excluding hydrogens is 247 g/mol. The second kappa shape index (κ2) is 4.49. The molecule has 1 heterocycles. The molecule has 1 atom stereocenters. The second-order valence-corrected chi connectivity index (χ2v) is 5.13. The topological polar surface area (TPSA) is 38.9 Å². The molecule has 0 radical (unpaired) electrons. The molecule has 2 nitrogen and oxygen atoms in total. The number of hydrogen-bond donors (Lipinski definition) is 1. The molecule has 0 saturated heterocycles. The summed E-state index contributed by atoms with van der Waals surface area (Å²) in [6.07, 6.45) is 1.68. The summed E-state index contributed by atoms with van der Waals surface area (Å²) in [4.78, 5) is 4.95. The first-order valence-corrected chi connectivity index (χ1v) is 5.90. The zero-order valence-electron chi connectivity index (χ0n) is 8.58. The Morgan fingerprint density at radius 3 is 2.81 bits per heavy atom. The van der Waals surface area contributed by atoms with Crippen molar-refractivity contribution < 1.29 is 4.39 Å². The van der Waals surface area contributed by atoms with Gasteiger partial charge in [-0.05, 0) is 19.1 Å². The van der Waals surface area contributed by atoms with E-state index < -0.39 is 6.04 Å². The van der Waals surface area contributed by atoms with Crippen LogP contribution in [0, 0.1) is 12.7 Å². The number of rotatable bonds is 2. The molecule has 1 aromatic heterocycles. The zero-order chi connectivity index (χ0) is 11.7. The fourth-order valence-corrected chi connectivity index (χ4v) is 2.39. The van der Waals surface area contributed by atoms with Gasteiger partial charge in [-0.2, -0.15) is 0 Å². The molecule has 0 saturated carbocycles. The Hall–Kier alpha value is -0.970. The van der Waals surface area contributed by atoms with Gasteiger partial charge < -0.3 is 5.73 Å². The minimum atomic E-state index is -0.483. The minimum absolute atomic E-state index is 0.369. The van der Waals surface area contributed by atoms with Crippen LogP contribution in [0.4, 0.5) is 4.39 Å². The van der Waals surface area contributed by atoms with Gasteiger partial charge in [-0.15, -0.1) is 11.3 Å². The van der Waals surface area contributed by atoms with E-state index in [1.165, 1.54) is 17.4 Å². The van der Waals surface area contributed by atoms with Crippen molar-refractivity contribution in [3.05, 3.63) is 50.7 Å². The first kappa shape index (κ1) is 11.5. The number of nitrogens with zero attached hydrogens (tertiary/aromatic N) is 1. The van der Waals surface area contributed by atoms with E-state index in [1.54, 1.807) is 18.3 Å².